The van der Waals surface area contributed by atoms with Gasteiger partial charge in [-0.05, 0) is 18.6 Å². The number of rotatable bonds is 5. The molecule has 0 unspecified atom stereocenters. The summed E-state index contributed by atoms with van der Waals surface area (Å²) in [5.41, 5.74) is 1.09. The highest BCUT2D eigenvalue weighted by molar-refractivity contribution is 5.95. The maximum absolute atomic E-state index is 12.9. The second-order valence-corrected chi connectivity index (χ2v) is 7.92. The van der Waals surface area contributed by atoms with Crippen LogP contribution in [0.5, 0.6) is 0 Å². The number of amides is 1. The summed E-state index contributed by atoms with van der Waals surface area (Å²) in [6, 6.07) is 5.40. The van der Waals surface area contributed by atoms with Crippen LogP contribution in [-0.2, 0) is 25.4 Å². The molecule has 0 bridgehead atoms. The van der Waals surface area contributed by atoms with Crippen LogP contribution in [0.4, 0.5) is 5.69 Å². The molecule has 1 N–H and O–H groups in total. The molecule has 4 aromatic rings. The van der Waals surface area contributed by atoms with Crippen LogP contribution in [0, 0.1) is 6.92 Å². The number of aryl methyl sites for hydroxylation is 3. The Morgan fingerprint density at radius 3 is 2.66 bits per heavy atom. The number of benzene rings is 1. The summed E-state index contributed by atoms with van der Waals surface area (Å²) >= 11 is 0. The van der Waals surface area contributed by atoms with E-state index in [1.54, 1.807) is 13.1 Å². The van der Waals surface area contributed by atoms with Crippen LogP contribution in [0.3, 0.4) is 0 Å². The van der Waals surface area contributed by atoms with Crippen LogP contribution in [0.25, 0.3) is 22.6 Å². The van der Waals surface area contributed by atoms with Crippen molar-refractivity contribution in [3.63, 3.8) is 0 Å². The van der Waals surface area contributed by atoms with Crippen molar-refractivity contribution in [3.8, 4) is 11.5 Å². The van der Waals surface area contributed by atoms with E-state index in [0.29, 0.717) is 17.1 Å². The Labute approximate surface area is 182 Å². The van der Waals surface area contributed by atoms with Gasteiger partial charge in [0.05, 0.1) is 17.6 Å². The van der Waals surface area contributed by atoms with E-state index >= 15 is 0 Å². The van der Waals surface area contributed by atoms with E-state index in [1.165, 1.54) is 22.5 Å². The van der Waals surface area contributed by atoms with Gasteiger partial charge in [-0.3, -0.25) is 14.2 Å². The van der Waals surface area contributed by atoms with Crippen LogP contribution in [0.15, 0.2) is 38.6 Å². The van der Waals surface area contributed by atoms with Crippen molar-refractivity contribution in [1.82, 2.24) is 28.8 Å². The van der Waals surface area contributed by atoms with Gasteiger partial charge in [0.2, 0.25) is 5.91 Å². The molecule has 0 aliphatic carbocycles. The summed E-state index contributed by atoms with van der Waals surface area (Å²) in [4.78, 5) is 46.9. The molecule has 1 amide bonds. The number of nitrogens with zero attached hydrogens (tertiary/aromatic N) is 6. The number of para-hydroxylation sites is 1. The first kappa shape index (κ1) is 21.2. The minimum Gasteiger partial charge on any atom is -0.334 e. The second-order valence-electron chi connectivity index (χ2n) is 7.92. The van der Waals surface area contributed by atoms with Crippen LogP contribution >= 0.6 is 0 Å². The fraction of sp³-hybridized carbons (Fsp3) is 0.333. The number of carbonyl (C=O) groups is 1. The lowest BCUT2D eigenvalue weighted by Crippen LogP contribution is -2.42. The summed E-state index contributed by atoms with van der Waals surface area (Å²) in [5, 5.41) is 6.78. The number of carbonyl (C=O) groups excluding carboxylic acids is 1. The first-order chi connectivity index (χ1) is 15.2. The average molecular weight is 437 g/mol. The van der Waals surface area contributed by atoms with Gasteiger partial charge in [0.15, 0.2) is 17.0 Å². The largest absolute Gasteiger partial charge is 0.334 e. The first-order valence-electron chi connectivity index (χ1n) is 10.0. The summed E-state index contributed by atoms with van der Waals surface area (Å²) < 4.78 is 9.04. The van der Waals surface area contributed by atoms with E-state index in [4.69, 9.17) is 4.52 Å². The molecule has 4 rings (SSSR count). The number of nitrogens with one attached hydrogen (secondary N) is 1. The van der Waals surface area contributed by atoms with E-state index < -0.39 is 23.7 Å². The van der Waals surface area contributed by atoms with Gasteiger partial charge in [-0.1, -0.05) is 31.1 Å². The molecule has 3 heterocycles. The van der Waals surface area contributed by atoms with Crippen molar-refractivity contribution in [3.05, 3.63) is 56.8 Å². The summed E-state index contributed by atoms with van der Waals surface area (Å²) in [6.07, 6.45) is 1.45. The minimum atomic E-state index is -0.625. The second kappa shape index (κ2) is 7.91. The number of hydrogen-bond donors (Lipinski definition) is 1. The molecular formula is C21H23N7O4. The fourth-order valence-corrected chi connectivity index (χ4v) is 3.45. The SMILES string of the molecule is Cc1cccc(-c2nc(C(C)C)no2)c1NC(=O)Cn1c(=O)c2c(ncn2C)n(C)c1=O. The molecule has 0 aliphatic heterocycles. The Balaban J connectivity index is 1.70. The van der Waals surface area contributed by atoms with Gasteiger partial charge < -0.3 is 14.4 Å². The van der Waals surface area contributed by atoms with Gasteiger partial charge in [0.1, 0.15) is 6.54 Å². The maximum atomic E-state index is 12.9. The molecule has 1 aromatic carbocycles. The smallest absolute Gasteiger partial charge is 0.332 e. The van der Waals surface area contributed by atoms with Crippen molar-refractivity contribution in [2.75, 3.05) is 5.32 Å². The third kappa shape index (κ3) is 3.51. The van der Waals surface area contributed by atoms with Crippen LogP contribution in [0.1, 0.15) is 31.2 Å². The molecule has 0 atom stereocenters. The zero-order chi connectivity index (χ0) is 23.2. The van der Waals surface area contributed by atoms with Crippen LogP contribution < -0.4 is 16.6 Å². The number of aromatic nitrogens is 6. The van der Waals surface area contributed by atoms with Crippen LogP contribution in [-0.4, -0.2) is 34.7 Å². The summed E-state index contributed by atoms with van der Waals surface area (Å²) in [5.74, 6) is 0.376. The minimum absolute atomic E-state index is 0.0837. The number of anilines is 1. The van der Waals surface area contributed by atoms with E-state index in [2.05, 4.69) is 20.4 Å². The molecule has 0 saturated carbocycles. The topological polar surface area (TPSA) is 130 Å². The lowest BCUT2D eigenvalue weighted by atomic mass is 10.1. The van der Waals surface area contributed by atoms with Gasteiger partial charge in [-0.15, -0.1) is 0 Å². The third-order valence-corrected chi connectivity index (χ3v) is 5.23. The van der Waals surface area contributed by atoms with Gasteiger partial charge in [0, 0.05) is 20.0 Å². The predicted octanol–water partition coefficient (Wildman–Crippen LogP) is 1.55. The fourth-order valence-electron chi connectivity index (χ4n) is 3.45. The Bertz CT molecular complexity index is 1460. The molecule has 32 heavy (non-hydrogen) atoms. The number of fused-ring (bicyclic) bond motifs is 1. The van der Waals surface area contributed by atoms with Gasteiger partial charge in [0.25, 0.3) is 11.4 Å². The third-order valence-electron chi connectivity index (χ3n) is 5.23. The molecule has 0 radical (unpaired) electrons. The van der Waals surface area contributed by atoms with Crippen LogP contribution in [0.2, 0.25) is 0 Å². The van der Waals surface area contributed by atoms with Crippen molar-refractivity contribution in [2.24, 2.45) is 14.1 Å². The lowest BCUT2D eigenvalue weighted by Gasteiger charge is -2.13. The molecule has 166 valence electrons. The lowest BCUT2D eigenvalue weighted by molar-refractivity contribution is -0.116. The summed E-state index contributed by atoms with van der Waals surface area (Å²) in [6.45, 7) is 5.27. The standard InChI is InChI=1S/C21H23N7O4/c1-11(2)17-24-19(32-25-17)13-8-6-7-12(3)15(13)23-14(29)9-28-20(30)16-18(22-10-26(16)4)27(5)21(28)31/h6-8,10-11H,9H2,1-5H3,(H,23,29). The van der Waals surface area contributed by atoms with Crippen molar-refractivity contribution in [1.29, 1.82) is 0 Å². The monoisotopic (exact) mass is 437 g/mol. The van der Waals surface area contributed by atoms with Gasteiger partial charge in [-0.2, -0.15) is 4.98 Å². The van der Waals surface area contributed by atoms with Gasteiger partial charge >= 0.3 is 5.69 Å². The number of hydrogen-bond acceptors (Lipinski definition) is 7. The molecule has 3 aromatic heterocycles. The average Bonchev–Trinajstić information content (AvgIpc) is 3.38. The zero-order valence-electron chi connectivity index (χ0n) is 18.4. The van der Waals surface area contributed by atoms with E-state index in [-0.39, 0.29) is 23.0 Å². The van der Waals surface area contributed by atoms with Crippen molar-refractivity contribution >= 4 is 22.8 Å². The van der Waals surface area contributed by atoms with Gasteiger partial charge in [-0.25, -0.2) is 14.3 Å². The Morgan fingerprint density at radius 2 is 1.97 bits per heavy atom. The molecule has 0 fully saturated rings. The Morgan fingerprint density at radius 1 is 1.22 bits per heavy atom. The quantitative estimate of drug-likeness (QED) is 0.501. The zero-order valence-corrected chi connectivity index (χ0v) is 18.4. The summed E-state index contributed by atoms with van der Waals surface area (Å²) in [7, 11) is 3.16. The maximum Gasteiger partial charge on any atom is 0.332 e. The highest BCUT2D eigenvalue weighted by Gasteiger charge is 2.20. The molecule has 11 nitrogen and oxygen atoms in total. The highest BCUT2D eigenvalue weighted by Crippen LogP contribution is 2.30. The molecule has 0 aliphatic rings. The van der Waals surface area contributed by atoms with E-state index in [9.17, 15) is 14.4 Å². The molecule has 0 saturated heterocycles. The number of imidazole rings is 1. The van der Waals surface area contributed by atoms with E-state index in [0.717, 1.165) is 10.1 Å². The Hall–Kier alpha value is -4.02. The molecule has 11 heteroatoms. The first-order valence-corrected chi connectivity index (χ1v) is 10.0. The van der Waals surface area contributed by atoms with E-state index in [1.807, 2.05) is 32.9 Å². The predicted molar refractivity (Wildman–Crippen MR) is 117 cm³/mol. The molecular weight excluding hydrogens is 414 g/mol. The normalized spacial score (nSPS) is 11.4. The highest BCUT2D eigenvalue weighted by atomic mass is 16.5. The van der Waals surface area contributed by atoms with Crippen molar-refractivity contribution < 1.29 is 9.32 Å². The Kier molecular flexibility index (Phi) is 5.25. The van der Waals surface area contributed by atoms with Crippen molar-refractivity contribution in [2.45, 2.75) is 33.2 Å². The molecule has 0 spiro atoms.